The smallest absolute Gasteiger partial charge is 0.332 e. The minimum atomic E-state index is -0.744. The van der Waals surface area contributed by atoms with Crippen molar-refractivity contribution >= 4 is 11.7 Å². The summed E-state index contributed by atoms with van der Waals surface area (Å²) in [4.78, 5) is 12.1. The number of ether oxygens (including phenoxy) is 1. The first-order chi connectivity index (χ1) is 10.0. The van der Waals surface area contributed by atoms with Gasteiger partial charge >= 0.3 is 5.97 Å². The fourth-order valence-corrected chi connectivity index (χ4v) is 2.20. The Balaban J connectivity index is 2.42. The van der Waals surface area contributed by atoms with Crippen molar-refractivity contribution in [1.82, 2.24) is 0 Å². The Bertz CT molecular complexity index is 655. The molecule has 0 saturated heterocycles. The highest BCUT2D eigenvalue weighted by Crippen LogP contribution is 2.26. The first-order valence-electron chi connectivity index (χ1n) is 6.69. The van der Waals surface area contributed by atoms with Gasteiger partial charge in [-0.3, -0.25) is 0 Å². The van der Waals surface area contributed by atoms with E-state index in [1.807, 2.05) is 32.0 Å². The van der Waals surface area contributed by atoms with E-state index < -0.39 is 17.8 Å². The molecule has 21 heavy (non-hydrogen) atoms. The molecule has 2 aromatic carbocycles. The summed E-state index contributed by atoms with van der Waals surface area (Å²) in [6.07, 6.45) is 0. The van der Waals surface area contributed by atoms with Gasteiger partial charge in [-0.2, -0.15) is 0 Å². The number of esters is 1. The highest BCUT2D eigenvalue weighted by molar-refractivity contribution is 5.81. The van der Waals surface area contributed by atoms with E-state index in [0.29, 0.717) is 0 Å². The van der Waals surface area contributed by atoms with Crippen LogP contribution in [-0.2, 0) is 9.53 Å². The monoisotopic (exact) mass is 287 g/mol. The van der Waals surface area contributed by atoms with Gasteiger partial charge in [0.2, 0.25) is 0 Å². The maximum absolute atomic E-state index is 13.8. The maximum atomic E-state index is 13.8. The van der Waals surface area contributed by atoms with E-state index in [1.54, 1.807) is 18.2 Å². The average Bonchev–Trinajstić information content (AvgIpc) is 2.49. The molecule has 1 N–H and O–H groups in total. The molecule has 0 heterocycles. The predicted octanol–water partition coefficient (Wildman–Crippen LogP) is 3.77. The van der Waals surface area contributed by atoms with Crippen LogP contribution in [0.15, 0.2) is 42.5 Å². The standard InChI is InChI=1S/C17H18FNO2/c1-11-7-6-8-13(12(11)2)16(17(20)21-3)19-15-10-5-4-9-14(15)18/h4-10,16,19H,1-3H3. The number of carbonyl (C=O) groups excluding carboxylic acids is 1. The van der Waals surface area contributed by atoms with Gasteiger partial charge < -0.3 is 10.1 Å². The number of halogens is 1. The highest BCUT2D eigenvalue weighted by Gasteiger charge is 2.24. The zero-order chi connectivity index (χ0) is 15.4. The summed E-state index contributed by atoms with van der Waals surface area (Å²) in [6.45, 7) is 3.90. The van der Waals surface area contributed by atoms with Crippen LogP contribution in [0.25, 0.3) is 0 Å². The third-order valence-corrected chi connectivity index (χ3v) is 3.57. The zero-order valence-electron chi connectivity index (χ0n) is 12.3. The van der Waals surface area contributed by atoms with Crippen molar-refractivity contribution < 1.29 is 13.9 Å². The molecule has 0 aliphatic rings. The zero-order valence-corrected chi connectivity index (χ0v) is 12.3. The fraction of sp³-hybridized carbons (Fsp3) is 0.235. The van der Waals surface area contributed by atoms with Crippen LogP contribution in [0.2, 0.25) is 0 Å². The van der Waals surface area contributed by atoms with Gasteiger partial charge in [0.05, 0.1) is 12.8 Å². The van der Waals surface area contributed by atoms with Crippen LogP contribution in [-0.4, -0.2) is 13.1 Å². The maximum Gasteiger partial charge on any atom is 0.332 e. The SMILES string of the molecule is COC(=O)C(Nc1ccccc1F)c1cccc(C)c1C. The third kappa shape index (κ3) is 3.21. The van der Waals surface area contributed by atoms with Crippen LogP contribution in [0.4, 0.5) is 10.1 Å². The Labute approximate surface area is 123 Å². The van der Waals surface area contributed by atoms with E-state index in [4.69, 9.17) is 4.74 Å². The number of para-hydroxylation sites is 1. The summed E-state index contributed by atoms with van der Waals surface area (Å²) in [6, 6.07) is 11.2. The van der Waals surface area contributed by atoms with Crippen molar-refractivity contribution in [3.8, 4) is 0 Å². The summed E-state index contributed by atoms with van der Waals surface area (Å²) in [5, 5.41) is 2.93. The molecule has 0 aromatic heterocycles. The van der Waals surface area contributed by atoms with Crippen molar-refractivity contribution in [2.24, 2.45) is 0 Å². The van der Waals surface area contributed by atoms with E-state index in [9.17, 15) is 9.18 Å². The lowest BCUT2D eigenvalue weighted by molar-refractivity contribution is -0.141. The number of anilines is 1. The lowest BCUT2D eigenvalue weighted by Crippen LogP contribution is -2.23. The molecule has 3 nitrogen and oxygen atoms in total. The molecule has 0 aliphatic heterocycles. The average molecular weight is 287 g/mol. The van der Waals surface area contributed by atoms with Crippen molar-refractivity contribution in [3.63, 3.8) is 0 Å². The molecule has 2 aromatic rings. The second-order valence-corrected chi connectivity index (χ2v) is 4.87. The Kier molecular flexibility index (Phi) is 4.58. The van der Waals surface area contributed by atoms with Gasteiger partial charge in [-0.25, -0.2) is 9.18 Å². The number of rotatable bonds is 4. The van der Waals surface area contributed by atoms with Crippen LogP contribution in [0.1, 0.15) is 22.7 Å². The van der Waals surface area contributed by atoms with Gasteiger partial charge in [-0.1, -0.05) is 30.3 Å². The Morgan fingerprint density at radius 2 is 1.86 bits per heavy atom. The van der Waals surface area contributed by atoms with E-state index in [2.05, 4.69) is 5.32 Å². The molecular weight excluding hydrogens is 269 g/mol. The molecule has 0 aliphatic carbocycles. The van der Waals surface area contributed by atoms with Crippen molar-refractivity contribution in [3.05, 3.63) is 65.0 Å². The summed E-state index contributed by atoms with van der Waals surface area (Å²) in [7, 11) is 1.32. The number of methoxy groups -OCH3 is 1. The van der Waals surface area contributed by atoms with Crippen LogP contribution < -0.4 is 5.32 Å². The topological polar surface area (TPSA) is 38.3 Å². The molecule has 0 spiro atoms. The van der Waals surface area contributed by atoms with E-state index in [1.165, 1.54) is 13.2 Å². The number of aryl methyl sites for hydroxylation is 1. The summed E-state index contributed by atoms with van der Waals surface area (Å²) >= 11 is 0. The van der Waals surface area contributed by atoms with Crippen LogP contribution in [0.3, 0.4) is 0 Å². The van der Waals surface area contributed by atoms with Crippen molar-refractivity contribution in [2.75, 3.05) is 12.4 Å². The second kappa shape index (κ2) is 6.39. The van der Waals surface area contributed by atoms with E-state index in [-0.39, 0.29) is 5.69 Å². The lowest BCUT2D eigenvalue weighted by Gasteiger charge is -2.21. The molecule has 0 amide bonds. The van der Waals surface area contributed by atoms with Gasteiger partial charge in [0.25, 0.3) is 0 Å². The first-order valence-corrected chi connectivity index (χ1v) is 6.69. The molecule has 0 bridgehead atoms. The summed E-state index contributed by atoms with van der Waals surface area (Å²) in [5.41, 5.74) is 3.10. The molecule has 110 valence electrons. The molecule has 0 saturated carbocycles. The number of hydrogen-bond acceptors (Lipinski definition) is 3. The molecule has 1 atom stereocenters. The second-order valence-electron chi connectivity index (χ2n) is 4.87. The Hall–Kier alpha value is -2.36. The minimum Gasteiger partial charge on any atom is -0.467 e. The van der Waals surface area contributed by atoms with Gasteiger partial charge in [0.1, 0.15) is 5.82 Å². The molecule has 0 radical (unpaired) electrons. The summed E-state index contributed by atoms with van der Waals surface area (Å²) in [5.74, 6) is -0.858. The molecule has 4 heteroatoms. The highest BCUT2D eigenvalue weighted by atomic mass is 19.1. The Morgan fingerprint density at radius 3 is 2.52 bits per heavy atom. The van der Waals surface area contributed by atoms with Gasteiger partial charge in [-0.15, -0.1) is 0 Å². The molecular formula is C17H18FNO2. The number of nitrogens with one attached hydrogen (secondary N) is 1. The summed E-state index contributed by atoms with van der Waals surface area (Å²) < 4.78 is 18.6. The van der Waals surface area contributed by atoms with Gasteiger partial charge in [0, 0.05) is 0 Å². The minimum absolute atomic E-state index is 0.272. The van der Waals surface area contributed by atoms with E-state index in [0.717, 1.165) is 16.7 Å². The van der Waals surface area contributed by atoms with Crippen LogP contribution >= 0.6 is 0 Å². The van der Waals surface area contributed by atoms with Crippen molar-refractivity contribution in [2.45, 2.75) is 19.9 Å². The predicted molar refractivity (Wildman–Crippen MR) is 80.7 cm³/mol. The largest absolute Gasteiger partial charge is 0.467 e. The lowest BCUT2D eigenvalue weighted by atomic mass is 9.97. The first kappa shape index (κ1) is 15.0. The Morgan fingerprint density at radius 1 is 1.14 bits per heavy atom. The molecule has 0 fully saturated rings. The number of carbonyl (C=O) groups is 1. The van der Waals surface area contributed by atoms with Crippen LogP contribution in [0.5, 0.6) is 0 Å². The van der Waals surface area contributed by atoms with Gasteiger partial charge in [-0.05, 0) is 42.7 Å². The molecule has 2 rings (SSSR count). The van der Waals surface area contributed by atoms with Crippen LogP contribution in [0, 0.1) is 19.7 Å². The van der Waals surface area contributed by atoms with Crippen molar-refractivity contribution in [1.29, 1.82) is 0 Å². The third-order valence-electron chi connectivity index (χ3n) is 3.57. The normalized spacial score (nSPS) is 11.8. The fourth-order valence-electron chi connectivity index (χ4n) is 2.20. The quantitative estimate of drug-likeness (QED) is 0.870. The van der Waals surface area contributed by atoms with E-state index >= 15 is 0 Å². The molecule has 1 unspecified atom stereocenters. The van der Waals surface area contributed by atoms with Gasteiger partial charge in [0.15, 0.2) is 6.04 Å². The number of hydrogen-bond donors (Lipinski definition) is 1. The number of benzene rings is 2.